The van der Waals surface area contributed by atoms with E-state index in [-0.39, 0.29) is 11.4 Å². The molecule has 102 valence electrons. The summed E-state index contributed by atoms with van der Waals surface area (Å²) in [6, 6.07) is 7.32. The fourth-order valence-electron chi connectivity index (χ4n) is 1.97. The third kappa shape index (κ3) is 1.97. The molecule has 8 nitrogen and oxygen atoms in total. The number of fused-ring (bicyclic) bond motifs is 1. The van der Waals surface area contributed by atoms with E-state index in [2.05, 4.69) is 9.97 Å². The van der Waals surface area contributed by atoms with Gasteiger partial charge in [0.05, 0.1) is 17.1 Å². The molecule has 0 aliphatic heterocycles. The van der Waals surface area contributed by atoms with Gasteiger partial charge in [-0.15, -0.1) is 0 Å². The van der Waals surface area contributed by atoms with Crippen LogP contribution in [-0.4, -0.2) is 20.0 Å². The SMILES string of the molecule is O=c1[nH]c2ccc(C(O)c3ccc([N+](=O)[O-])o3)cc2[nH]1. The number of benzene rings is 1. The average Bonchev–Trinajstić information content (AvgIpc) is 3.02. The van der Waals surface area contributed by atoms with Crippen LogP contribution in [0.25, 0.3) is 11.0 Å². The van der Waals surface area contributed by atoms with Crippen LogP contribution in [0.2, 0.25) is 0 Å². The molecule has 0 aliphatic rings. The molecule has 1 aromatic carbocycles. The highest BCUT2D eigenvalue weighted by Gasteiger charge is 2.19. The van der Waals surface area contributed by atoms with Gasteiger partial charge in [-0.1, -0.05) is 6.07 Å². The minimum absolute atomic E-state index is 0.0638. The number of hydrogen-bond acceptors (Lipinski definition) is 5. The number of imidazole rings is 1. The predicted molar refractivity (Wildman–Crippen MR) is 68.3 cm³/mol. The van der Waals surface area contributed by atoms with Crippen LogP contribution < -0.4 is 5.69 Å². The van der Waals surface area contributed by atoms with Crippen molar-refractivity contribution < 1.29 is 14.4 Å². The maximum Gasteiger partial charge on any atom is 0.433 e. The molecular formula is C12H9N3O5. The molecule has 3 rings (SSSR count). The van der Waals surface area contributed by atoms with Crippen LogP contribution in [0.4, 0.5) is 5.88 Å². The minimum Gasteiger partial charge on any atom is -0.403 e. The predicted octanol–water partition coefficient (Wildman–Crippen LogP) is 1.44. The summed E-state index contributed by atoms with van der Waals surface area (Å²) in [5.41, 5.74) is 1.25. The highest BCUT2D eigenvalue weighted by Crippen LogP contribution is 2.27. The summed E-state index contributed by atoms with van der Waals surface area (Å²) in [5, 5.41) is 20.7. The van der Waals surface area contributed by atoms with E-state index in [9.17, 15) is 20.0 Å². The Morgan fingerprint density at radius 1 is 1.20 bits per heavy atom. The number of H-pyrrole nitrogens is 2. The number of hydrogen-bond donors (Lipinski definition) is 3. The third-order valence-corrected chi connectivity index (χ3v) is 2.92. The van der Waals surface area contributed by atoms with E-state index >= 15 is 0 Å². The number of aromatic nitrogens is 2. The highest BCUT2D eigenvalue weighted by molar-refractivity contribution is 5.75. The molecule has 3 N–H and O–H groups in total. The van der Waals surface area contributed by atoms with Crippen molar-refractivity contribution in [3.8, 4) is 0 Å². The lowest BCUT2D eigenvalue weighted by atomic mass is 10.1. The molecule has 1 unspecified atom stereocenters. The molecule has 0 aliphatic carbocycles. The first-order chi connectivity index (χ1) is 9.54. The summed E-state index contributed by atoms with van der Waals surface area (Å²) in [5.74, 6) is -0.371. The van der Waals surface area contributed by atoms with Crippen LogP contribution in [0.1, 0.15) is 17.4 Å². The lowest BCUT2D eigenvalue weighted by Crippen LogP contribution is -1.99. The molecule has 3 aromatic rings. The summed E-state index contributed by atoms with van der Waals surface area (Å²) in [6.45, 7) is 0. The van der Waals surface area contributed by atoms with Crippen LogP contribution in [0.5, 0.6) is 0 Å². The Balaban J connectivity index is 1.99. The van der Waals surface area contributed by atoms with Crippen molar-refractivity contribution >= 4 is 16.9 Å². The zero-order chi connectivity index (χ0) is 14.3. The normalized spacial score (nSPS) is 12.7. The second kappa shape index (κ2) is 4.35. The molecule has 0 saturated carbocycles. The van der Waals surface area contributed by atoms with Gasteiger partial charge in [-0.05, 0) is 23.8 Å². The monoisotopic (exact) mass is 275 g/mol. The van der Waals surface area contributed by atoms with Crippen molar-refractivity contribution in [2.45, 2.75) is 6.10 Å². The van der Waals surface area contributed by atoms with Gasteiger partial charge in [-0.2, -0.15) is 0 Å². The lowest BCUT2D eigenvalue weighted by Gasteiger charge is -2.07. The van der Waals surface area contributed by atoms with Gasteiger partial charge in [0.1, 0.15) is 16.8 Å². The van der Waals surface area contributed by atoms with E-state index in [1.54, 1.807) is 18.2 Å². The van der Waals surface area contributed by atoms with Crippen molar-refractivity contribution in [3.05, 3.63) is 62.3 Å². The minimum atomic E-state index is -1.15. The van der Waals surface area contributed by atoms with Gasteiger partial charge in [-0.25, -0.2) is 4.79 Å². The van der Waals surface area contributed by atoms with Crippen LogP contribution in [0.3, 0.4) is 0 Å². The van der Waals surface area contributed by atoms with Crippen LogP contribution >= 0.6 is 0 Å². The highest BCUT2D eigenvalue weighted by atomic mass is 16.6. The number of rotatable bonds is 3. The quantitative estimate of drug-likeness (QED) is 0.492. The van der Waals surface area contributed by atoms with Gasteiger partial charge >= 0.3 is 11.6 Å². The van der Waals surface area contributed by atoms with Gasteiger partial charge < -0.3 is 19.5 Å². The molecule has 0 amide bonds. The van der Waals surface area contributed by atoms with Crippen molar-refractivity contribution in [2.75, 3.05) is 0 Å². The van der Waals surface area contributed by atoms with E-state index in [4.69, 9.17) is 4.42 Å². The maximum absolute atomic E-state index is 11.2. The number of aliphatic hydroxyl groups is 1. The number of aliphatic hydroxyl groups excluding tert-OH is 1. The zero-order valence-corrected chi connectivity index (χ0v) is 9.99. The Labute approximate surface area is 110 Å². The van der Waals surface area contributed by atoms with Crippen molar-refractivity contribution in [3.63, 3.8) is 0 Å². The number of nitrogens with zero attached hydrogens (tertiary/aromatic N) is 1. The fraction of sp³-hybridized carbons (Fsp3) is 0.0833. The van der Waals surface area contributed by atoms with Crippen LogP contribution in [-0.2, 0) is 0 Å². The first-order valence-electron chi connectivity index (χ1n) is 5.69. The number of nitro groups is 1. The zero-order valence-electron chi connectivity index (χ0n) is 9.99. The molecule has 0 bridgehead atoms. The Kier molecular flexibility index (Phi) is 2.65. The summed E-state index contributed by atoms with van der Waals surface area (Å²) in [4.78, 5) is 26.2. The lowest BCUT2D eigenvalue weighted by molar-refractivity contribution is -0.402. The Morgan fingerprint density at radius 2 is 1.95 bits per heavy atom. The Bertz CT molecular complexity index is 844. The van der Waals surface area contributed by atoms with Crippen LogP contribution in [0.15, 0.2) is 39.5 Å². The van der Waals surface area contributed by atoms with Gasteiger partial charge in [-0.3, -0.25) is 10.1 Å². The molecule has 2 heterocycles. The Morgan fingerprint density at radius 3 is 2.65 bits per heavy atom. The van der Waals surface area contributed by atoms with E-state index in [0.29, 0.717) is 16.6 Å². The molecular weight excluding hydrogens is 266 g/mol. The van der Waals surface area contributed by atoms with Gasteiger partial charge in [0.25, 0.3) is 0 Å². The first kappa shape index (κ1) is 12.2. The van der Waals surface area contributed by atoms with E-state index in [1.807, 2.05) is 0 Å². The van der Waals surface area contributed by atoms with Crippen molar-refractivity contribution in [1.29, 1.82) is 0 Å². The topological polar surface area (TPSA) is 125 Å². The summed E-state index contributed by atoms with van der Waals surface area (Å²) in [6.07, 6.45) is -1.15. The smallest absolute Gasteiger partial charge is 0.403 e. The fourth-order valence-corrected chi connectivity index (χ4v) is 1.97. The summed E-state index contributed by atoms with van der Waals surface area (Å²) >= 11 is 0. The average molecular weight is 275 g/mol. The van der Waals surface area contributed by atoms with Gasteiger partial charge in [0.2, 0.25) is 0 Å². The molecule has 0 fully saturated rings. The summed E-state index contributed by atoms with van der Waals surface area (Å²) in [7, 11) is 0. The third-order valence-electron chi connectivity index (χ3n) is 2.92. The summed E-state index contributed by atoms with van der Waals surface area (Å²) < 4.78 is 4.95. The van der Waals surface area contributed by atoms with Crippen molar-refractivity contribution in [1.82, 2.24) is 9.97 Å². The first-order valence-corrected chi connectivity index (χ1v) is 5.69. The molecule has 20 heavy (non-hydrogen) atoms. The van der Waals surface area contributed by atoms with Crippen molar-refractivity contribution in [2.24, 2.45) is 0 Å². The number of furan rings is 1. The molecule has 0 spiro atoms. The van der Waals surface area contributed by atoms with Crippen LogP contribution in [0, 0.1) is 10.1 Å². The number of nitrogens with one attached hydrogen (secondary N) is 2. The molecule has 0 saturated heterocycles. The number of aromatic amines is 2. The van der Waals surface area contributed by atoms with Gasteiger partial charge in [0.15, 0.2) is 0 Å². The second-order valence-electron chi connectivity index (χ2n) is 4.22. The molecule has 2 aromatic heterocycles. The Hall–Kier alpha value is -2.87. The molecule has 1 atom stereocenters. The maximum atomic E-state index is 11.2. The standard InChI is InChI=1S/C12H9N3O5/c16-11(9-3-4-10(20-9)15(18)19)6-1-2-7-8(5-6)14-12(17)13-7/h1-5,11,16H,(H2,13,14,17). The van der Waals surface area contributed by atoms with E-state index in [0.717, 1.165) is 0 Å². The molecule has 0 radical (unpaired) electrons. The largest absolute Gasteiger partial charge is 0.433 e. The molecule has 8 heteroatoms. The van der Waals surface area contributed by atoms with E-state index < -0.39 is 16.9 Å². The van der Waals surface area contributed by atoms with Gasteiger partial charge in [0, 0.05) is 0 Å². The van der Waals surface area contributed by atoms with E-state index in [1.165, 1.54) is 12.1 Å². The second-order valence-corrected chi connectivity index (χ2v) is 4.22.